The van der Waals surface area contributed by atoms with Gasteiger partial charge in [0.05, 0.1) is 17.3 Å². The second-order valence-corrected chi connectivity index (χ2v) is 32.0. The topological polar surface area (TPSA) is 144 Å². The van der Waals surface area contributed by atoms with Crippen molar-refractivity contribution in [3.05, 3.63) is 89.5 Å². The van der Waals surface area contributed by atoms with Crippen molar-refractivity contribution < 1.29 is 30.0 Å². The van der Waals surface area contributed by atoms with Gasteiger partial charge < -0.3 is 10.2 Å². The van der Waals surface area contributed by atoms with Crippen LogP contribution in [0.5, 0.6) is 0 Å². The van der Waals surface area contributed by atoms with Gasteiger partial charge in [0.15, 0.2) is 0 Å². The first kappa shape index (κ1) is 61.3. The molecule has 1 N–H and O–H groups in total. The highest BCUT2D eigenvalue weighted by Gasteiger charge is 2.33. The van der Waals surface area contributed by atoms with E-state index in [1.165, 1.54) is 45.4 Å². The summed E-state index contributed by atoms with van der Waals surface area (Å²) in [5, 5.41) is 9.79. The van der Waals surface area contributed by atoms with Crippen LogP contribution in [-0.2, 0) is 34.9 Å². The number of thiophene rings is 3. The normalized spacial score (nSPS) is 14.9. The van der Waals surface area contributed by atoms with Crippen LogP contribution in [0.25, 0.3) is 30.3 Å². The van der Waals surface area contributed by atoms with Crippen molar-refractivity contribution in [3.8, 4) is 0 Å². The summed E-state index contributed by atoms with van der Waals surface area (Å²) in [6, 6.07) is 24.4. The van der Waals surface area contributed by atoms with Crippen molar-refractivity contribution >= 4 is 131 Å². The third-order valence-corrected chi connectivity index (χ3v) is 24.9. The summed E-state index contributed by atoms with van der Waals surface area (Å²) >= 11 is 8.01. The molecular formula is C58H82BrN5O7S6. The minimum Gasteiger partial charge on any atom is -0.342 e. The van der Waals surface area contributed by atoms with Crippen LogP contribution in [-0.4, -0.2) is 104 Å². The Kier molecular flexibility index (Phi) is 21.9. The van der Waals surface area contributed by atoms with E-state index in [1.54, 1.807) is 51.8 Å². The fraction of sp³-hybridized carbons (Fsp3) is 0.569. The lowest BCUT2D eigenvalue weighted by Crippen LogP contribution is -2.41. The number of nitrogens with zero attached hydrogens (tertiary/aromatic N) is 4. The molecule has 1 amide bonds. The molecular weight excluding hydrogens is 1150 g/mol. The molecule has 0 aliphatic heterocycles. The second kappa shape index (κ2) is 27.4. The fourth-order valence-electron chi connectivity index (χ4n) is 9.48. The van der Waals surface area contributed by atoms with E-state index in [0.29, 0.717) is 61.7 Å². The third-order valence-electron chi connectivity index (χ3n) is 14.5. The number of benzene rings is 3. The Morgan fingerprint density at radius 3 is 1.21 bits per heavy atom. The highest BCUT2D eigenvalue weighted by molar-refractivity contribution is 9.09. The van der Waals surface area contributed by atoms with Crippen molar-refractivity contribution in [2.24, 2.45) is 29.6 Å². The van der Waals surface area contributed by atoms with E-state index in [2.05, 4.69) is 65.4 Å². The second-order valence-electron chi connectivity index (χ2n) is 22.1. The Hall–Kier alpha value is -3.30. The SMILES string of the molecule is CC(=O)N(CCS(=O)(=O)N(CCC1CC1)c1sc2ccccc2c1C)CC(C)C.Cc1c(N(CCC2CC2)S(=O)(=O)CCBr)sc2ccccc12.Cc1c(N(CCC2CC2)S(=O)(=O)CCNCC(C)C)sc2ccccc12. The van der Waals surface area contributed by atoms with Crippen LogP contribution in [0, 0.1) is 50.4 Å². The molecule has 3 heterocycles. The summed E-state index contributed by atoms with van der Waals surface area (Å²) in [5.41, 5.74) is 3.19. The first-order valence-corrected chi connectivity index (χ1v) is 36.0. The predicted octanol–water partition coefficient (Wildman–Crippen LogP) is 13.6. The van der Waals surface area contributed by atoms with Gasteiger partial charge in [-0.2, -0.15) is 0 Å². The van der Waals surface area contributed by atoms with Crippen molar-refractivity contribution in [2.75, 3.05) is 81.3 Å². The molecule has 19 heteroatoms. The zero-order chi connectivity index (χ0) is 55.7. The van der Waals surface area contributed by atoms with Gasteiger partial charge in [0.2, 0.25) is 36.0 Å². The third kappa shape index (κ3) is 17.1. The van der Waals surface area contributed by atoms with Crippen molar-refractivity contribution in [3.63, 3.8) is 0 Å². The van der Waals surface area contributed by atoms with Crippen LogP contribution in [0.1, 0.15) is 109 Å². The predicted molar refractivity (Wildman–Crippen MR) is 334 cm³/mol. The standard InChI is InChI=1S/C22H32N2O3S2.C20H30N2O2S2.C16H20BrNO2S2/c1-16(2)15-23(18(4)25)13-14-29(26,27)24(12-11-19-9-10-19)22-17(3)20-7-5-6-8-21(20)28-22;1-15(2)14-21-11-13-26(23,24)22(12-10-17-8-9-17)20-16(3)18-6-4-5-7-19(18)25-20;1-12-14-4-2-3-5-15(14)21-16(12)18(10-8-13-6-7-13)22(19,20)11-9-17/h5-8,16,19H,9-15H2,1-4H3;4-7,15,17,21H,8-14H2,1-3H3;2-5,13H,6-11H2,1H3. The molecule has 0 radical (unpaired) electrons. The zero-order valence-corrected chi connectivity index (χ0v) is 52.9. The van der Waals surface area contributed by atoms with Crippen LogP contribution >= 0.6 is 49.9 Å². The Morgan fingerprint density at radius 1 is 0.545 bits per heavy atom. The number of anilines is 3. The van der Waals surface area contributed by atoms with E-state index in [9.17, 15) is 30.0 Å². The summed E-state index contributed by atoms with van der Waals surface area (Å²) in [6.07, 6.45) is 10.2. The minimum absolute atomic E-state index is 0.0440. The molecule has 12 nitrogen and oxygen atoms in total. The highest BCUT2D eigenvalue weighted by atomic mass is 79.9. The lowest BCUT2D eigenvalue weighted by molar-refractivity contribution is -0.129. The molecule has 6 aromatic rings. The fourth-order valence-corrected chi connectivity index (χ4v) is 19.5. The summed E-state index contributed by atoms with van der Waals surface area (Å²) in [6.45, 7) is 19.8. The number of hydrogen-bond acceptors (Lipinski definition) is 11. The molecule has 0 unspecified atom stereocenters. The number of carbonyl (C=O) groups excluding carboxylic acids is 1. The number of sulfonamides is 3. The van der Waals surface area contributed by atoms with E-state index in [4.69, 9.17) is 0 Å². The van der Waals surface area contributed by atoms with E-state index >= 15 is 0 Å². The Labute approximate surface area is 481 Å². The van der Waals surface area contributed by atoms with Crippen LogP contribution in [0.3, 0.4) is 0 Å². The van der Waals surface area contributed by atoms with Crippen molar-refractivity contribution in [1.29, 1.82) is 0 Å². The first-order valence-electron chi connectivity index (χ1n) is 27.6. The molecule has 77 heavy (non-hydrogen) atoms. The number of aryl methyl sites for hydroxylation is 3. The number of hydrogen-bond donors (Lipinski definition) is 1. The molecule has 3 aliphatic carbocycles. The van der Waals surface area contributed by atoms with Gasteiger partial charge >= 0.3 is 0 Å². The number of halogens is 1. The molecule has 9 rings (SSSR count). The zero-order valence-electron chi connectivity index (χ0n) is 46.4. The molecule has 3 aromatic carbocycles. The Bertz CT molecular complexity index is 3250. The quantitative estimate of drug-likeness (QED) is 0.0396. The molecule has 3 aliphatic rings. The van der Waals surface area contributed by atoms with E-state index in [0.717, 1.165) is 93.7 Å². The van der Waals surface area contributed by atoms with Gasteiger partial charge in [-0.25, -0.2) is 25.3 Å². The van der Waals surface area contributed by atoms with Crippen LogP contribution in [0.4, 0.5) is 15.0 Å². The van der Waals surface area contributed by atoms with Crippen LogP contribution < -0.4 is 18.2 Å². The number of rotatable bonds is 27. The molecule has 3 saturated carbocycles. The van der Waals surface area contributed by atoms with Crippen LogP contribution in [0.15, 0.2) is 72.8 Å². The molecule has 0 bridgehead atoms. The average Bonchev–Trinajstić information content (AvgIpc) is 4.32. The molecule has 3 aromatic heterocycles. The van der Waals surface area contributed by atoms with Gasteiger partial charge in [-0.1, -0.05) is 137 Å². The van der Waals surface area contributed by atoms with E-state index in [1.807, 2.05) is 77.1 Å². The van der Waals surface area contributed by atoms with Crippen molar-refractivity contribution in [2.45, 2.75) is 113 Å². The van der Waals surface area contributed by atoms with Gasteiger partial charge in [-0.3, -0.25) is 17.7 Å². The van der Waals surface area contributed by atoms with Gasteiger partial charge in [-0.15, -0.1) is 34.0 Å². The summed E-state index contributed by atoms with van der Waals surface area (Å²) in [7, 11) is -10.1. The van der Waals surface area contributed by atoms with Gasteiger partial charge in [0.1, 0.15) is 15.0 Å². The smallest absolute Gasteiger partial charge is 0.237 e. The Morgan fingerprint density at radius 2 is 0.896 bits per heavy atom. The highest BCUT2D eigenvalue weighted by Crippen LogP contribution is 2.43. The minimum atomic E-state index is -3.53. The number of alkyl halides is 1. The maximum Gasteiger partial charge on any atom is 0.237 e. The van der Waals surface area contributed by atoms with Crippen molar-refractivity contribution in [1.82, 2.24) is 10.2 Å². The summed E-state index contributed by atoms with van der Waals surface area (Å²) in [4.78, 5) is 13.6. The van der Waals surface area contributed by atoms with E-state index < -0.39 is 30.1 Å². The first-order chi connectivity index (χ1) is 36.6. The van der Waals surface area contributed by atoms with Gasteiger partial charge in [0, 0.05) is 65.6 Å². The van der Waals surface area contributed by atoms with E-state index in [-0.39, 0.29) is 29.7 Å². The number of fused-ring (bicyclic) bond motifs is 3. The lowest BCUT2D eigenvalue weighted by Gasteiger charge is -2.27. The lowest BCUT2D eigenvalue weighted by atomic mass is 10.2. The Balaban J connectivity index is 0.000000169. The van der Waals surface area contributed by atoms with Gasteiger partial charge in [-0.05, 0) is 127 Å². The molecule has 3 fully saturated rings. The summed E-state index contributed by atoms with van der Waals surface area (Å²) in [5.74, 6) is 3.08. The molecule has 0 atom stereocenters. The summed E-state index contributed by atoms with van der Waals surface area (Å²) < 4.78 is 86.9. The maximum atomic E-state index is 13.4. The molecule has 0 saturated heterocycles. The molecule has 0 spiro atoms. The largest absolute Gasteiger partial charge is 0.342 e. The average molecular weight is 1230 g/mol. The number of carbonyl (C=O) groups is 1. The maximum absolute atomic E-state index is 13.4. The monoisotopic (exact) mass is 1230 g/mol. The van der Waals surface area contributed by atoms with Crippen LogP contribution in [0.2, 0.25) is 0 Å². The molecule has 424 valence electrons. The number of amides is 1. The number of nitrogens with one attached hydrogen (secondary N) is 1. The van der Waals surface area contributed by atoms with Gasteiger partial charge in [0.25, 0.3) is 0 Å².